The van der Waals surface area contributed by atoms with Crippen molar-refractivity contribution in [3.63, 3.8) is 0 Å². The third-order valence-corrected chi connectivity index (χ3v) is 5.99. The van der Waals surface area contributed by atoms with E-state index in [4.69, 9.17) is 11.6 Å². The normalized spacial score (nSPS) is 20.5. The van der Waals surface area contributed by atoms with Gasteiger partial charge in [0.05, 0.1) is 0 Å². The van der Waals surface area contributed by atoms with E-state index in [1.165, 1.54) is 63.7 Å². The Morgan fingerprint density at radius 2 is 1.96 bits per heavy atom. The second kappa shape index (κ2) is 9.56. The quantitative estimate of drug-likeness (QED) is 0.605. The Balaban J connectivity index is 1.39. The van der Waals surface area contributed by atoms with Crippen molar-refractivity contribution in [2.45, 2.75) is 57.0 Å². The van der Waals surface area contributed by atoms with Gasteiger partial charge in [0.25, 0.3) is 0 Å². The minimum absolute atomic E-state index is 0.298. The van der Waals surface area contributed by atoms with Crippen LogP contribution >= 0.6 is 11.6 Å². The molecule has 0 aromatic heterocycles. The van der Waals surface area contributed by atoms with E-state index >= 15 is 0 Å². The summed E-state index contributed by atoms with van der Waals surface area (Å²) in [7, 11) is 1.80. The molecular weight excluding hydrogens is 351 g/mol. The SMILES string of the molecule is CN=C(NCCc1ccc(F)cc1Cl)NC1CCN(C2CCCC2)CC1. The van der Waals surface area contributed by atoms with Crippen LogP contribution in [0.1, 0.15) is 44.1 Å². The number of hydrogen-bond donors (Lipinski definition) is 2. The van der Waals surface area contributed by atoms with E-state index < -0.39 is 0 Å². The van der Waals surface area contributed by atoms with Gasteiger partial charge in [0, 0.05) is 43.8 Å². The van der Waals surface area contributed by atoms with Crippen LogP contribution in [0.25, 0.3) is 0 Å². The minimum atomic E-state index is -0.298. The Bertz CT molecular complexity index is 608. The summed E-state index contributed by atoms with van der Waals surface area (Å²) in [6.07, 6.45) is 8.64. The summed E-state index contributed by atoms with van der Waals surface area (Å²) in [6, 6.07) is 5.87. The lowest BCUT2D eigenvalue weighted by Gasteiger charge is -2.36. The molecule has 0 amide bonds. The lowest BCUT2D eigenvalue weighted by atomic mass is 10.0. The molecule has 0 radical (unpaired) electrons. The Morgan fingerprint density at radius 1 is 1.23 bits per heavy atom. The summed E-state index contributed by atoms with van der Waals surface area (Å²) in [6.45, 7) is 3.08. The Hall–Kier alpha value is -1.33. The number of nitrogens with one attached hydrogen (secondary N) is 2. The summed E-state index contributed by atoms with van der Waals surface area (Å²) in [4.78, 5) is 7.01. The molecule has 1 aliphatic carbocycles. The fourth-order valence-corrected chi connectivity index (χ4v) is 4.37. The van der Waals surface area contributed by atoms with E-state index in [-0.39, 0.29) is 5.82 Å². The van der Waals surface area contributed by atoms with Crippen molar-refractivity contribution in [3.8, 4) is 0 Å². The molecule has 1 aromatic carbocycles. The minimum Gasteiger partial charge on any atom is -0.356 e. The van der Waals surface area contributed by atoms with Gasteiger partial charge in [-0.2, -0.15) is 0 Å². The topological polar surface area (TPSA) is 39.7 Å². The second-order valence-electron chi connectivity index (χ2n) is 7.38. The molecule has 1 heterocycles. The van der Waals surface area contributed by atoms with Crippen molar-refractivity contribution < 1.29 is 4.39 Å². The molecule has 144 valence electrons. The zero-order valence-corrected chi connectivity index (χ0v) is 16.4. The van der Waals surface area contributed by atoms with Gasteiger partial charge in [0.15, 0.2) is 5.96 Å². The molecule has 2 fully saturated rings. The molecule has 0 atom stereocenters. The molecule has 0 unspecified atom stereocenters. The fraction of sp³-hybridized carbons (Fsp3) is 0.650. The molecule has 0 spiro atoms. The first-order valence-electron chi connectivity index (χ1n) is 9.81. The van der Waals surface area contributed by atoms with Gasteiger partial charge in [-0.25, -0.2) is 4.39 Å². The summed E-state index contributed by atoms with van der Waals surface area (Å²) in [5.74, 6) is 0.538. The van der Waals surface area contributed by atoms with Crippen LogP contribution in [0.4, 0.5) is 4.39 Å². The van der Waals surface area contributed by atoms with Crippen molar-refractivity contribution >= 4 is 17.6 Å². The second-order valence-corrected chi connectivity index (χ2v) is 7.78. The van der Waals surface area contributed by atoms with Gasteiger partial charge in [-0.3, -0.25) is 4.99 Å². The first-order valence-corrected chi connectivity index (χ1v) is 10.2. The van der Waals surface area contributed by atoms with E-state index in [0.717, 1.165) is 24.0 Å². The maximum Gasteiger partial charge on any atom is 0.191 e. The van der Waals surface area contributed by atoms with Gasteiger partial charge in [-0.1, -0.05) is 30.5 Å². The molecule has 4 nitrogen and oxygen atoms in total. The van der Waals surface area contributed by atoms with Crippen LogP contribution in [-0.2, 0) is 6.42 Å². The molecule has 3 rings (SSSR count). The zero-order chi connectivity index (χ0) is 18.4. The van der Waals surface area contributed by atoms with E-state index in [2.05, 4.69) is 20.5 Å². The van der Waals surface area contributed by atoms with Crippen molar-refractivity contribution in [1.29, 1.82) is 0 Å². The van der Waals surface area contributed by atoms with Crippen molar-refractivity contribution in [2.24, 2.45) is 4.99 Å². The van der Waals surface area contributed by atoms with Gasteiger partial charge in [0.1, 0.15) is 5.82 Å². The van der Waals surface area contributed by atoms with E-state index in [0.29, 0.717) is 17.6 Å². The van der Waals surface area contributed by atoms with Gasteiger partial charge in [-0.05, 0) is 49.8 Å². The van der Waals surface area contributed by atoms with Crippen molar-refractivity contribution in [2.75, 3.05) is 26.7 Å². The Labute approximate surface area is 161 Å². The van der Waals surface area contributed by atoms with E-state index in [1.807, 2.05) is 0 Å². The van der Waals surface area contributed by atoms with Crippen molar-refractivity contribution in [1.82, 2.24) is 15.5 Å². The van der Waals surface area contributed by atoms with E-state index in [9.17, 15) is 4.39 Å². The monoisotopic (exact) mass is 380 g/mol. The number of likely N-dealkylation sites (tertiary alicyclic amines) is 1. The summed E-state index contributed by atoms with van der Waals surface area (Å²) < 4.78 is 13.1. The number of piperidine rings is 1. The molecule has 1 aliphatic heterocycles. The number of guanidine groups is 1. The number of benzene rings is 1. The highest BCUT2D eigenvalue weighted by Gasteiger charge is 2.27. The average Bonchev–Trinajstić information content (AvgIpc) is 3.18. The van der Waals surface area contributed by atoms with Crippen LogP contribution in [0.3, 0.4) is 0 Å². The summed E-state index contributed by atoms with van der Waals surface area (Å²) >= 11 is 6.08. The maximum atomic E-state index is 13.1. The average molecular weight is 381 g/mol. The van der Waals surface area contributed by atoms with Gasteiger partial charge in [-0.15, -0.1) is 0 Å². The van der Waals surface area contributed by atoms with Gasteiger partial charge >= 0.3 is 0 Å². The lowest BCUT2D eigenvalue weighted by Crippen LogP contribution is -2.50. The molecule has 26 heavy (non-hydrogen) atoms. The molecule has 0 bridgehead atoms. The number of halogens is 2. The predicted octanol–water partition coefficient (Wildman–Crippen LogP) is 3.59. The predicted molar refractivity (Wildman–Crippen MR) is 106 cm³/mol. The van der Waals surface area contributed by atoms with E-state index in [1.54, 1.807) is 13.1 Å². The fourth-order valence-electron chi connectivity index (χ4n) is 4.11. The highest BCUT2D eigenvalue weighted by molar-refractivity contribution is 6.31. The van der Waals surface area contributed by atoms with Crippen LogP contribution in [0, 0.1) is 5.82 Å². The molecule has 6 heteroatoms. The molecule has 1 aromatic rings. The van der Waals surface area contributed by atoms with Crippen molar-refractivity contribution in [3.05, 3.63) is 34.6 Å². The number of aliphatic imine (C=N–C) groups is 1. The first-order chi connectivity index (χ1) is 12.7. The number of rotatable bonds is 5. The Kier molecular flexibility index (Phi) is 7.15. The molecule has 1 saturated heterocycles. The molecule has 2 N–H and O–H groups in total. The standard InChI is InChI=1S/C20H30ClFN4/c1-23-20(24-11-8-15-6-7-16(22)14-19(15)21)25-17-9-12-26(13-10-17)18-4-2-3-5-18/h6-7,14,17-18H,2-5,8-13H2,1H3,(H2,23,24,25). The summed E-state index contributed by atoms with van der Waals surface area (Å²) in [5.41, 5.74) is 0.945. The highest BCUT2D eigenvalue weighted by atomic mass is 35.5. The molecule has 1 saturated carbocycles. The smallest absolute Gasteiger partial charge is 0.191 e. The third kappa shape index (κ3) is 5.34. The van der Waals surface area contributed by atoms with Crippen LogP contribution < -0.4 is 10.6 Å². The highest BCUT2D eigenvalue weighted by Crippen LogP contribution is 2.26. The zero-order valence-electron chi connectivity index (χ0n) is 15.6. The third-order valence-electron chi connectivity index (χ3n) is 5.64. The largest absolute Gasteiger partial charge is 0.356 e. The number of nitrogens with zero attached hydrogens (tertiary/aromatic N) is 2. The van der Waals surface area contributed by atoms with Gasteiger partial charge < -0.3 is 15.5 Å². The maximum absolute atomic E-state index is 13.1. The van der Waals surface area contributed by atoms with Crippen LogP contribution in [0.2, 0.25) is 5.02 Å². The van der Waals surface area contributed by atoms with Crippen LogP contribution in [0.15, 0.2) is 23.2 Å². The summed E-state index contributed by atoms with van der Waals surface area (Å²) in [5, 5.41) is 7.37. The molecule has 2 aliphatic rings. The Morgan fingerprint density at radius 3 is 2.62 bits per heavy atom. The lowest BCUT2D eigenvalue weighted by molar-refractivity contribution is 0.150. The number of hydrogen-bond acceptors (Lipinski definition) is 2. The first kappa shape index (κ1) is 19.4. The molecular formula is C20H30ClFN4. The van der Waals surface area contributed by atoms with Crippen LogP contribution in [-0.4, -0.2) is 49.6 Å². The van der Waals surface area contributed by atoms with Gasteiger partial charge in [0.2, 0.25) is 0 Å². The van der Waals surface area contributed by atoms with Crippen LogP contribution in [0.5, 0.6) is 0 Å².